The molecule has 0 N–H and O–H groups in total. The predicted molar refractivity (Wildman–Crippen MR) is 36.0 cm³/mol. The van der Waals surface area contributed by atoms with Crippen molar-refractivity contribution >= 4 is 0 Å². The van der Waals surface area contributed by atoms with Crippen LogP contribution in [0.15, 0.2) is 0 Å². The Kier molecular flexibility index (Phi) is 4.15. The topological polar surface area (TPSA) is 0 Å². The summed E-state index contributed by atoms with van der Waals surface area (Å²) in [6.45, 7) is 0.718. The molecule has 0 heterocycles. The van der Waals surface area contributed by atoms with Crippen LogP contribution in [0.5, 0.6) is 0 Å². The van der Waals surface area contributed by atoms with Gasteiger partial charge in [0.1, 0.15) is 0 Å². The number of hydrogen-bond acceptors (Lipinski definition) is 0. The summed E-state index contributed by atoms with van der Waals surface area (Å²) >= 11 is 0. The molecule has 0 fully saturated rings. The van der Waals surface area contributed by atoms with Crippen LogP contribution in [0.2, 0.25) is 0 Å². The SMILES string of the molecule is CCC(F)C(F)(F)C(F)(F)[C@H](F)C(F)(F)F. The van der Waals surface area contributed by atoms with Gasteiger partial charge in [-0.2, -0.15) is 30.7 Å². The second-order valence-electron chi connectivity index (χ2n) is 3.03. The molecule has 0 aromatic rings. The zero-order valence-corrected chi connectivity index (χ0v) is 7.76. The van der Waals surface area contributed by atoms with E-state index in [0.29, 0.717) is 0 Å². The van der Waals surface area contributed by atoms with E-state index in [-0.39, 0.29) is 0 Å². The van der Waals surface area contributed by atoms with Crippen molar-refractivity contribution in [2.45, 2.75) is 43.7 Å². The zero-order valence-electron chi connectivity index (χ0n) is 7.76. The Hall–Kier alpha value is -0.630. The molecule has 0 bridgehead atoms. The third-order valence-corrected chi connectivity index (χ3v) is 1.80. The van der Waals surface area contributed by atoms with E-state index in [1.54, 1.807) is 0 Å². The van der Waals surface area contributed by atoms with E-state index in [9.17, 15) is 39.5 Å². The molecular weight excluding hydrogens is 255 g/mol. The lowest BCUT2D eigenvalue weighted by molar-refractivity contribution is -0.318. The number of hydrogen-bond donors (Lipinski definition) is 0. The van der Waals surface area contributed by atoms with Gasteiger partial charge in [-0.3, -0.25) is 0 Å². The van der Waals surface area contributed by atoms with E-state index in [1.807, 2.05) is 0 Å². The van der Waals surface area contributed by atoms with Crippen LogP contribution in [0, 0.1) is 0 Å². The molecule has 1 unspecified atom stereocenters. The van der Waals surface area contributed by atoms with Crippen LogP contribution in [-0.4, -0.2) is 30.4 Å². The van der Waals surface area contributed by atoms with Crippen LogP contribution in [0.25, 0.3) is 0 Å². The molecule has 0 nitrogen and oxygen atoms in total. The average Bonchev–Trinajstić information content (AvgIpc) is 2.13. The molecule has 9 heteroatoms. The van der Waals surface area contributed by atoms with Gasteiger partial charge in [-0.15, -0.1) is 0 Å². The molecular formula is C7H7F9. The van der Waals surface area contributed by atoms with Crippen LogP contribution in [0.4, 0.5) is 39.5 Å². The highest BCUT2D eigenvalue weighted by Crippen LogP contribution is 2.47. The molecule has 0 saturated carbocycles. The van der Waals surface area contributed by atoms with Crippen LogP contribution < -0.4 is 0 Å². The standard InChI is InChI=1S/C7H7F9/c1-2-3(8)5(10,11)6(12,13)4(9)7(14,15)16/h3-4H,2H2,1H3/t3?,4-/m0/s1. The third kappa shape index (κ3) is 2.54. The van der Waals surface area contributed by atoms with Crippen LogP contribution >= 0.6 is 0 Å². The number of alkyl halides is 9. The van der Waals surface area contributed by atoms with Gasteiger partial charge in [0.15, 0.2) is 6.17 Å². The summed E-state index contributed by atoms with van der Waals surface area (Å²) in [4.78, 5) is 0. The Morgan fingerprint density at radius 2 is 1.19 bits per heavy atom. The smallest absolute Gasteiger partial charge is 0.241 e. The van der Waals surface area contributed by atoms with Crippen LogP contribution in [0.1, 0.15) is 13.3 Å². The molecule has 98 valence electrons. The molecule has 0 aliphatic carbocycles. The molecule has 0 aromatic carbocycles. The van der Waals surface area contributed by atoms with Gasteiger partial charge < -0.3 is 0 Å². The quantitative estimate of drug-likeness (QED) is 0.674. The second kappa shape index (κ2) is 4.33. The molecule has 0 saturated heterocycles. The maximum Gasteiger partial charge on any atom is 0.425 e. The van der Waals surface area contributed by atoms with E-state index in [4.69, 9.17) is 0 Å². The largest absolute Gasteiger partial charge is 0.425 e. The molecule has 0 amide bonds. The zero-order chi connectivity index (χ0) is 13.4. The van der Waals surface area contributed by atoms with Gasteiger partial charge in [-0.05, 0) is 6.42 Å². The summed E-state index contributed by atoms with van der Waals surface area (Å²) in [7, 11) is 0. The summed E-state index contributed by atoms with van der Waals surface area (Å²) < 4.78 is 109. The van der Waals surface area contributed by atoms with E-state index < -0.39 is 36.8 Å². The third-order valence-electron chi connectivity index (χ3n) is 1.80. The number of halogens is 9. The van der Waals surface area contributed by atoms with E-state index >= 15 is 0 Å². The Morgan fingerprint density at radius 1 is 0.812 bits per heavy atom. The van der Waals surface area contributed by atoms with E-state index in [2.05, 4.69) is 0 Å². The minimum absolute atomic E-state index is 0.718. The first-order valence-electron chi connectivity index (χ1n) is 3.99. The van der Waals surface area contributed by atoms with Gasteiger partial charge in [-0.25, -0.2) is 8.78 Å². The van der Waals surface area contributed by atoms with Crippen molar-refractivity contribution in [3.8, 4) is 0 Å². The van der Waals surface area contributed by atoms with E-state index in [1.165, 1.54) is 0 Å². The molecule has 0 radical (unpaired) electrons. The molecule has 0 rings (SSSR count). The first-order chi connectivity index (χ1) is 6.89. The van der Waals surface area contributed by atoms with Gasteiger partial charge >= 0.3 is 18.0 Å². The molecule has 0 spiro atoms. The lowest BCUT2D eigenvalue weighted by atomic mass is 10.0. The molecule has 0 aliphatic rings. The van der Waals surface area contributed by atoms with Crippen molar-refractivity contribution in [1.82, 2.24) is 0 Å². The van der Waals surface area contributed by atoms with E-state index in [0.717, 1.165) is 6.92 Å². The summed E-state index contributed by atoms with van der Waals surface area (Å²) in [5.41, 5.74) is 0. The van der Waals surface area contributed by atoms with Crippen molar-refractivity contribution in [2.24, 2.45) is 0 Å². The summed E-state index contributed by atoms with van der Waals surface area (Å²) in [5, 5.41) is 0. The maximum absolute atomic E-state index is 12.5. The monoisotopic (exact) mass is 262 g/mol. The fourth-order valence-corrected chi connectivity index (χ4v) is 0.840. The van der Waals surface area contributed by atoms with Crippen LogP contribution in [0.3, 0.4) is 0 Å². The van der Waals surface area contributed by atoms with Gasteiger partial charge in [0, 0.05) is 0 Å². The summed E-state index contributed by atoms with van der Waals surface area (Å²) in [5.74, 6) is -11.8. The minimum Gasteiger partial charge on any atom is -0.241 e. The van der Waals surface area contributed by atoms with Gasteiger partial charge in [0.05, 0.1) is 0 Å². The first-order valence-corrected chi connectivity index (χ1v) is 3.99. The average molecular weight is 262 g/mol. The predicted octanol–water partition coefficient (Wildman–Crippen LogP) is 3.91. The molecule has 0 aliphatic heterocycles. The van der Waals surface area contributed by atoms with Gasteiger partial charge in [0.25, 0.3) is 6.17 Å². The van der Waals surface area contributed by atoms with Gasteiger partial charge in [0.2, 0.25) is 0 Å². The summed E-state index contributed by atoms with van der Waals surface area (Å²) in [6, 6.07) is 0. The molecule has 2 atom stereocenters. The minimum atomic E-state index is -6.18. The Balaban J connectivity index is 5.18. The van der Waals surface area contributed by atoms with Gasteiger partial charge in [-0.1, -0.05) is 6.92 Å². The molecule has 0 aromatic heterocycles. The van der Waals surface area contributed by atoms with Crippen molar-refractivity contribution in [3.63, 3.8) is 0 Å². The van der Waals surface area contributed by atoms with Crippen molar-refractivity contribution in [3.05, 3.63) is 0 Å². The highest BCUT2D eigenvalue weighted by Gasteiger charge is 2.72. The second-order valence-corrected chi connectivity index (χ2v) is 3.03. The Bertz CT molecular complexity index is 231. The highest BCUT2D eigenvalue weighted by molar-refractivity contribution is 4.98. The van der Waals surface area contributed by atoms with Crippen molar-refractivity contribution < 1.29 is 39.5 Å². The van der Waals surface area contributed by atoms with Crippen molar-refractivity contribution in [2.75, 3.05) is 0 Å². The summed E-state index contributed by atoms with van der Waals surface area (Å²) in [6.07, 6.45) is -16.0. The number of rotatable bonds is 4. The van der Waals surface area contributed by atoms with Crippen LogP contribution in [-0.2, 0) is 0 Å². The van der Waals surface area contributed by atoms with Crippen molar-refractivity contribution in [1.29, 1.82) is 0 Å². The lowest BCUT2D eigenvalue weighted by Crippen LogP contribution is -2.57. The Labute approximate surface area is 84.4 Å². The Morgan fingerprint density at radius 3 is 1.44 bits per heavy atom. The maximum atomic E-state index is 12.5. The first kappa shape index (κ1) is 15.4. The fourth-order valence-electron chi connectivity index (χ4n) is 0.840. The highest BCUT2D eigenvalue weighted by atomic mass is 19.4. The normalized spacial score (nSPS) is 18.4. The molecule has 16 heavy (non-hydrogen) atoms. The lowest BCUT2D eigenvalue weighted by Gasteiger charge is -2.31. The fraction of sp³-hybridized carbons (Fsp3) is 1.00.